The van der Waals surface area contributed by atoms with Gasteiger partial charge >= 0.3 is 5.97 Å². The number of hydrogen-bond acceptors (Lipinski definition) is 4. The fraction of sp³-hybridized carbons (Fsp3) is 0.167. The van der Waals surface area contributed by atoms with E-state index in [9.17, 15) is 4.79 Å². The summed E-state index contributed by atoms with van der Waals surface area (Å²) in [5.41, 5.74) is 1.30. The Morgan fingerprint density at radius 3 is 2.71 bits per heavy atom. The monoisotopic (exact) mass is 226 g/mol. The summed E-state index contributed by atoms with van der Waals surface area (Å²) in [4.78, 5) is 11.3. The summed E-state index contributed by atoms with van der Waals surface area (Å²) >= 11 is 0. The molecule has 1 aromatic rings. The highest BCUT2D eigenvalue weighted by Gasteiger charge is 2.08. The van der Waals surface area contributed by atoms with Crippen LogP contribution in [0, 0.1) is 11.3 Å². The molecule has 84 valence electrons. The molecule has 0 saturated carbocycles. The Bertz CT molecular complexity index is 460. The zero-order chi connectivity index (χ0) is 12.7. The van der Waals surface area contributed by atoms with E-state index in [0.717, 1.165) is 5.69 Å². The van der Waals surface area contributed by atoms with Gasteiger partial charge in [0.25, 0.3) is 0 Å². The first-order chi connectivity index (χ1) is 8.17. The third kappa shape index (κ3) is 4.03. The summed E-state index contributed by atoms with van der Waals surface area (Å²) in [5, 5.41) is 11.6. The molecule has 0 aliphatic heterocycles. The summed E-state index contributed by atoms with van der Waals surface area (Å²) in [6.45, 7) is 1.92. The van der Waals surface area contributed by atoms with E-state index < -0.39 is 5.97 Å². The lowest BCUT2D eigenvalue weighted by Gasteiger charge is -2.03. The van der Waals surface area contributed by atoms with E-state index in [4.69, 9.17) is 17.8 Å². The van der Waals surface area contributed by atoms with E-state index >= 15 is 0 Å². The summed E-state index contributed by atoms with van der Waals surface area (Å²) in [5.74, 6) is -0.641. The van der Waals surface area contributed by atoms with E-state index in [2.05, 4.69) is 5.32 Å². The lowest BCUT2D eigenvalue weighted by molar-refractivity contribution is -0.138. The number of carbonyl (C=O) groups is 1. The van der Waals surface area contributed by atoms with Gasteiger partial charge in [0.05, 0.1) is 6.61 Å². The van der Waals surface area contributed by atoms with Crippen molar-refractivity contribution in [2.75, 3.05) is 11.9 Å². The van der Waals surface area contributed by atoms with Crippen molar-refractivity contribution in [2.45, 2.75) is 6.92 Å². The van der Waals surface area contributed by atoms with Crippen LogP contribution in [0.3, 0.4) is 0 Å². The van der Waals surface area contributed by atoms with Crippen LogP contribution in [0.25, 0.3) is 0 Å². The van der Waals surface area contributed by atoms with Crippen molar-refractivity contribution in [3.8, 4) is 6.07 Å². The van der Waals surface area contributed by atoms with Gasteiger partial charge in [0.2, 0.25) is 0 Å². The second-order valence-corrected chi connectivity index (χ2v) is 3.16. The highest BCUT2D eigenvalue weighted by atomic mass is 16.5. The number of carbonyl (C=O) groups excluding carboxylic acids is 1. The molecule has 4 nitrogen and oxygen atoms in total. The van der Waals surface area contributed by atoms with Crippen molar-refractivity contribution in [1.82, 2.24) is 0 Å². The minimum absolute atomic E-state index is 0.0799. The Labute approximate surface area is 101 Å². The van der Waals surface area contributed by atoms with Gasteiger partial charge in [-0.25, -0.2) is 4.79 Å². The third-order valence-corrected chi connectivity index (χ3v) is 1.91. The van der Waals surface area contributed by atoms with Crippen LogP contribution in [-0.2, 0) is 9.53 Å². The number of esters is 1. The third-order valence-electron chi connectivity index (χ3n) is 1.91. The topological polar surface area (TPSA) is 62.1 Å². The van der Waals surface area contributed by atoms with Gasteiger partial charge in [-0.3, -0.25) is 0 Å². The Balaban J connectivity index is 2.71. The molecule has 0 bridgehead atoms. The molecule has 0 aliphatic rings. The van der Waals surface area contributed by atoms with E-state index in [1.54, 1.807) is 37.3 Å². The maximum Gasteiger partial charge on any atom is 0.350 e. The maximum absolute atomic E-state index is 11.3. The van der Waals surface area contributed by atoms with Crippen molar-refractivity contribution in [3.63, 3.8) is 0 Å². The fourth-order valence-electron chi connectivity index (χ4n) is 1.08. The summed E-state index contributed by atoms with van der Waals surface area (Å²) in [7, 11) is 5.53. The number of benzene rings is 1. The van der Waals surface area contributed by atoms with Crippen molar-refractivity contribution in [1.29, 1.82) is 5.26 Å². The van der Waals surface area contributed by atoms with Crippen LogP contribution in [0.2, 0.25) is 0 Å². The van der Waals surface area contributed by atoms with Gasteiger partial charge in [-0.05, 0) is 19.1 Å². The zero-order valence-corrected chi connectivity index (χ0v) is 9.43. The number of rotatable bonds is 4. The molecule has 0 spiro atoms. The quantitative estimate of drug-likeness (QED) is 0.358. The molecule has 17 heavy (non-hydrogen) atoms. The van der Waals surface area contributed by atoms with Crippen molar-refractivity contribution >= 4 is 25.0 Å². The number of anilines is 1. The van der Waals surface area contributed by atoms with Gasteiger partial charge in [-0.1, -0.05) is 17.6 Å². The summed E-state index contributed by atoms with van der Waals surface area (Å²) < 4.78 is 4.71. The lowest BCUT2D eigenvalue weighted by Crippen LogP contribution is -2.08. The normalized spacial score (nSPS) is 10.5. The molecule has 1 N–H and O–H groups in total. The van der Waals surface area contributed by atoms with E-state index in [-0.39, 0.29) is 12.2 Å². The van der Waals surface area contributed by atoms with Gasteiger partial charge in [0, 0.05) is 11.9 Å². The van der Waals surface area contributed by atoms with E-state index in [1.807, 2.05) is 0 Å². The first-order valence-corrected chi connectivity index (χ1v) is 5.07. The average Bonchev–Trinajstić information content (AvgIpc) is 2.32. The van der Waals surface area contributed by atoms with E-state index in [0.29, 0.717) is 5.46 Å². The molecule has 5 heteroatoms. The van der Waals surface area contributed by atoms with Crippen molar-refractivity contribution in [3.05, 3.63) is 36.0 Å². The van der Waals surface area contributed by atoms with Crippen LogP contribution in [0.4, 0.5) is 5.69 Å². The van der Waals surface area contributed by atoms with Gasteiger partial charge < -0.3 is 10.1 Å². The average molecular weight is 226 g/mol. The second kappa shape index (κ2) is 6.39. The van der Waals surface area contributed by atoms with Crippen molar-refractivity contribution < 1.29 is 9.53 Å². The second-order valence-electron chi connectivity index (χ2n) is 3.16. The molecule has 0 atom stereocenters. The minimum atomic E-state index is -0.641. The van der Waals surface area contributed by atoms with Crippen LogP contribution < -0.4 is 10.8 Å². The lowest BCUT2D eigenvalue weighted by atomic mass is 9.96. The smallest absolute Gasteiger partial charge is 0.350 e. The Morgan fingerprint density at radius 1 is 1.53 bits per heavy atom. The first kappa shape index (κ1) is 12.9. The number of ether oxygens (including phenoxy) is 1. The summed E-state index contributed by atoms with van der Waals surface area (Å²) in [6.07, 6.45) is 1.31. The van der Waals surface area contributed by atoms with Crippen LogP contribution in [-0.4, -0.2) is 20.4 Å². The zero-order valence-electron chi connectivity index (χ0n) is 9.43. The molecular formula is C12H11BN2O2. The van der Waals surface area contributed by atoms with Gasteiger partial charge in [0.15, 0.2) is 5.57 Å². The number of hydrogen-bond donors (Lipinski definition) is 1. The Hall–Kier alpha value is -2.22. The first-order valence-electron chi connectivity index (χ1n) is 5.07. The molecule has 0 unspecified atom stereocenters. The van der Waals surface area contributed by atoms with Gasteiger partial charge in [-0.15, -0.1) is 0 Å². The molecule has 0 aliphatic carbocycles. The minimum Gasteiger partial charge on any atom is -0.462 e. The predicted octanol–water partition coefficient (Wildman–Crippen LogP) is 0.863. The number of nitrogens with zero attached hydrogens (tertiary/aromatic N) is 1. The van der Waals surface area contributed by atoms with Crippen LogP contribution >= 0.6 is 0 Å². The molecule has 0 aromatic heterocycles. The number of nitriles is 1. The molecule has 0 heterocycles. The Kier molecular flexibility index (Phi) is 4.83. The highest BCUT2D eigenvalue weighted by Crippen LogP contribution is 2.05. The molecule has 0 saturated heterocycles. The number of nitrogens with one attached hydrogen (secondary N) is 1. The van der Waals surface area contributed by atoms with Crippen LogP contribution in [0.5, 0.6) is 0 Å². The standard InChI is InChI=1S/C12H11BN2O2/c1-2-17-12(16)9(7-14)8-15-11-5-3-10(13)4-6-11/h3-6,8,15H,2H2,1H3/b9-8+. The highest BCUT2D eigenvalue weighted by molar-refractivity contribution is 6.32. The van der Waals surface area contributed by atoms with Crippen LogP contribution in [0.15, 0.2) is 36.0 Å². The SMILES string of the molecule is [B]c1ccc(N/C=C(\C#N)C(=O)OCC)cc1. The summed E-state index contributed by atoms with van der Waals surface area (Å²) in [6, 6.07) is 8.68. The maximum atomic E-state index is 11.3. The molecule has 0 fully saturated rings. The van der Waals surface area contributed by atoms with Crippen molar-refractivity contribution in [2.24, 2.45) is 0 Å². The van der Waals surface area contributed by atoms with Crippen LogP contribution in [0.1, 0.15) is 6.92 Å². The largest absolute Gasteiger partial charge is 0.462 e. The van der Waals surface area contributed by atoms with Gasteiger partial charge in [-0.2, -0.15) is 5.26 Å². The molecule has 0 amide bonds. The fourth-order valence-corrected chi connectivity index (χ4v) is 1.08. The molecule has 1 aromatic carbocycles. The van der Waals surface area contributed by atoms with E-state index in [1.165, 1.54) is 6.20 Å². The molecular weight excluding hydrogens is 215 g/mol. The molecule has 2 radical (unpaired) electrons. The van der Waals surface area contributed by atoms with Gasteiger partial charge in [0.1, 0.15) is 13.9 Å². The Morgan fingerprint density at radius 2 is 2.18 bits per heavy atom. The predicted molar refractivity (Wildman–Crippen MR) is 65.8 cm³/mol. The molecule has 1 rings (SSSR count).